The fourth-order valence-electron chi connectivity index (χ4n) is 2.99. The van der Waals surface area contributed by atoms with Crippen LogP contribution in [0.1, 0.15) is 27.9 Å². The number of hydrogen-bond acceptors (Lipinski definition) is 5. The summed E-state index contributed by atoms with van der Waals surface area (Å²) in [6.07, 6.45) is 2.46. The molecule has 0 radical (unpaired) electrons. The molecule has 5 nitrogen and oxygen atoms in total. The van der Waals surface area contributed by atoms with Crippen molar-refractivity contribution in [1.29, 1.82) is 0 Å². The number of carbonyl (C=O) groups excluding carboxylic acids is 2. The van der Waals surface area contributed by atoms with Gasteiger partial charge in [0.05, 0.1) is 7.11 Å². The lowest BCUT2D eigenvalue weighted by Crippen LogP contribution is -2.42. The number of nitrogens with one attached hydrogen (secondary N) is 1. The third-order valence-corrected chi connectivity index (χ3v) is 4.87. The minimum atomic E-state index is -0.681. The van der Waals surface area contributed by atoms with Gasteiger partial charge in [0.15, 0.2) is 0 Å². The molecule has 2 rings (SSSR count). The van der Waals surface area contributed by atoms with E-state index in [0.717, 1.165) is 28.0 Å². The van der Waals surface area contributed by atoms with Gasteiger partial charge in [-0.3, -0.25) is 4.79 Å². The third-order valence-electron chi connectivity index (χ3n) is 4.22. The largest absolute Gasteiger partial charge is 0.467 e. The number of aryl methyl sites for hydroxylation is 2. The fourth-order valence-corrected chi connectivity index (χ4v) is 3.46. The zero-order valence-electron chi connectivity index (χ0n) is 16.2. The van der Waals surface area contributed by atoms with Crippen molar-refractivity contribution in [2.24, 2.45) is 0 Å². The normalized spacial score (nSPS) is 11.7. The summed E-state index contributed by atoms with van der Waals surface area (Å²) in [4.78, 5) is 25.0. The number of rotatable bonds is 7. The van der Waals surface area contributed by atoms with Crippen LogP contribution in [0.3, 0.4) is 0 Å². The van der Waals surface area contributed by atoms with Gasteiger partial charge < -0.3 is 15.8 Å². The highest BCUT2D eigenvalue weighted by atomic mass is 32.2. The molecule has 0 aliphatic rings. The van der Waals surface area contributed by atoms with Crippen LogP contribution in [0.5, 0.6) is 0 Å². The number of thioether (sulfide) groups is 1. The van der Waals surface area contributed by atoms with Crippen LogP contribution in [0.2, 0.25) is 0 Å². The Labute approximate surface area is 164 Å². The molecule has 0 heterocycles. The summed E-state index contributed by atoms with van der Waals surface area (Å²) in [5.41, 5.74) is 10.9. The van der Waals surface area contributed by atoms with Gasteiger partial charge in [-0.25, -0.2) is 4.79 Å². The van der Waals surface area contributed by atoms with Gasteiger partial charge in [0.25, 0.3) is 5.91 Å². The molecular weight excluding hydrogens is 360 g/mol. The number of nitrogen functional groups attached to an aromatic ring is 1. The molecule has 2 aromatic rings. The van der Waals surface area contributed by atoms with Gasteiger partial charge in [-0.05, 0) is 61.6 Å². The number of esters is 1. The van der Waals surface area contributed by atoms with E-state index in [0.29, 0.717) is 17.7 Å². The quantitative estimate of drug-likeness (QED) is 0.561. The summed E-state index contributed by atoms with van der Waals surface area (Å²) in [7, 11) is 1.32. The molecule has 0 saturated heterocycles. The smallest absolute Gasteiger partial charge is 0.328 e. The fraction of sp³-hybridized carbons (Fsp3) is 0.333. The summed E-state index contributed by atoms with van der Waals surface area (Å²) in [6, 6.07) is 10.6. The molecule has 2 aromatic carbocycles. The van der Waals surface area contributed by atoms with E-state index in [4.69, 9.17) is 10.5 Å². The number of ether oxygens (including phenoxy) is 1. The van der Waals surface area contributed by atoms with Crippen LogP contribution >= 0.6 is 11.8 Å². The lowest BCUT2D eigenvalue weighted by molar-refractivity contribution is -0.142. The first-order chi connectivity index (χ1) is 12.8. The van der Waals surface area contributed by atoms with Gasteiger partial charge in [-0.15, -0.1) is 0 Å². The van der Waals surface area contributed by atoms with Gasteiger partial charge in [-0.1, -0.05) is 29.3 Å². The molecular formula is C21H26N2O3S. The lowest BCUT2D eigenvalue weighted by Gasteiger charge is -2.18. The minimum Gasteiger partial charge on any atom is -0.467 e. The Hall–Kier alpha value is -2.47. The number of nitrogens with two attached hydrogens (primary N) is 1. The molecule has 6 heteroatoms. The first kappa shape index (κ1) is 20.8. The second kappa shape index (κ2) is 9.46. The summed E-state index contributed by atoms with van der Waals surface area (Å²) < 4.78 is 4.83. The molecule has 0 unspecified atom stereocenters. The van der Waals surface area contributed by atoms with Crippen LogP contribution in [0.4, 0.5) is 5.69 Å². The second-order valence-electron chi connectivity index (χ2n) is 6.51. The Bertz CT molecular complexity index is 816. The Kier molecular flexibility index (Phi) is 7.30. The number of carbonyl (C=O) groups is 2. The van der Waals surface area contributed by atoms with Gasteiger partial charge in [0.2, 0.25) is 0 Å². The highest BCUT2D eigenvalue weighted by molar-refractivity contribution is 7.98. The third kappa shape index (κ3) is 5.50. The monoisotopic (exact) mass is 386 g/mol. The summed E-state index contributed by atoms with van der Waals surface area (Å²) in [6.45, 7) is 4.02. The molecule has 0 bridgehead atoms. The number of methoxy groups -OCH3 is 1. The van der Waals surface area contributed by atoms with Crippen molar-refractivity contribution in [2.75, 3.05) is 24.9 Å². The van der Waals surface area contributed by atoms with E-state index in [-0.39, 0.29) is 5.91 Å². The highest BCUT2D eigenvalue weighted by Crippen LogP contribution is 2.28. The van der Waals surface area contributed by atoms with Gasteiger partial charge in [-0.2, -0.15) is 11.8 Å². The van der Waals surface area contributed by atoms with Crippen LogP contribution in [0.15, 0.2) is 36.4 Å². The predicted octanol–water partition coefficient (Wildman–Crippen LogP) is 3.58. The van der Waals surface area contributed by atoms with E-state index < -0.39 is 12.0 Å². The van der Waals surface area contributed by atoms with Crippen LogP contribution in [-0.2, 0) is 9.53 Å². The first-order valence-corrected chi connectivity index (χ1v) is 10.1. The van der Waals surface area contributed by atoms with E-state index in [2.05, 4.69) is 11.4 Å². The highest BCUT2D eigenvalue weighted by Gasteiger charge is 2.23. The van der Waals surface area contributed by atoms with Crippen molar-refractivity contribution in [3.05, 3.63) is 53.1 Å². The first-order valence-electron chi connectivity index (χ1n) is 8.71. The summed E-state index contributed by atoms with van der Waals surface area (Å²) >= 11 is 1.61. The van der Waals surface area contributed by atoms with E-state index in [1.165, 1.54) is 7.11 Å². The maximum Gasteiger partial charge on any atom is 0.328 e. The van der Waals surface area contributed by atoms with Crippen molar-refractivity contribution in [3.8, 4) is 11.1 Å². The predicted molar refractivity (Wildman–Crippen MR) is 112 cm³/mol. The molecule has 0 aromatic heterocycles. The van der Waals surface area contributed by atoms with Gasteiger partial charge >= 0.3 is 5.97 Å². The van der Waals surface area contributed by atoms with E-state index in [1.54, 1.807) is 30.0 Å². The lowest BCUT2D eigenvalue weighted by atomic mass is 9.95. The van der Waals surface area contributed by atoms with Crippen molar-refractivity contribution < 1.29 is 14.3 Å². The second-order valence-corrected chi connectivity index (χ2v) is 7.50. The zero-order valence-corrected chi connectivity index (χ0v) is 17.0. The van der Waals surface area contributed by atoms with Crippen LogP contribution < -0.4 is 11.1 Å². The molecule has 0 spiro atoms. The Morgan fingerprint density at radius 2 is 1.81 bits per heavy atom. The Morgan fingerprint density at radius 1 is 1.15 bits per heavy atom. The number of benzene rings is 2. The standard InChI is InChI=1S/C21H26N2O3S/c1-13-9-14(2)11-15(10-13)18-12-16(22)5-6-17(18)20(24)23-19(7-8-27-4)21(25)26-3/h5-6,9-12,19H,7-8,22H2,1-4H3,(H,23,24)/t19-/m0/s1. The maximum absolute atomic E-state index is 12.9. The molecule has 1 atom stereocenters. The molecule has 144 valence electrons. The molecule has 3 N–H and O–H groups in total. The Balaban J connectivity index is 2.39. The van der Waals surface area contributed by atoms with Crippen LogP contribution in [-0.4, -0.2) is 37.0 Å². The van der Waals surface area contributed by atoms with E-state index in [1.807, 2.05) is 32.2 Å². The average molecular weight is 387 g/mol. The number of amides is 1. The number of anilines is 1. The maximum atomic E-state index is 12.9. The topological polar surface area (TPSA) is 81.4 Å². The Morgan fingerprint density at radius 3 is 2.41 bits per heavy atom. The van der Waals surface area contributed by atoms with E-state index in [9.17, 15) is 9.59 Å². The molecule has 1 amide bonds. The van der Waals surface area contributed by atoms with Crippen molar-refractivity contribution in [2.45, 2.75) is 26.3 Å². The summed E-state index contributed by atoms with van der Waals surface area (Å²) in [5, 5.41) is 2.81. The van der Waals surface area contributed by atoms with Gasteiger partial charge in [0.1, 0.15) is 6.04 Å². The molecule has 0 aliphatic heterocycles. The molecule has 0 saturated carbocycles. The molecule has 0 aliphatic carbocycles. The van der Waals surface area contributed by atoms with E-state index >= 15 is 0 Å². The molecule has 0 fully saturated rings. The zero-order chi connectivity index (χ0) is 20.0. The van der Waals surface area contributed by atoms with Crippen molar-refractivity contribution >= 4 is 29.3 Å². The molecule has 27 heavy (non-hydrogen) atoms. The number of hydrogen-bond donors (Lipinski definition) is 2. The average Bonchev–Trinajstić information content (AvgIpc) is 2.63. The van der Waals surface area contributed by atoms with Crippen LogP contribution in [0.25, 0.3) is 11.1 Å². The SMILES string of the molecule is COC(=O)[C@H](CCSC)NC(=O)c1ccc(N)cc1-c1cc(C)cc(C)c1. The van der Waals surface area contributed by atoms with Crippen LogP contribution in [0, 0.1) is 13.8 Å². The van der Waals surface area contributed by atoms with Crippen molar-refractivity contribution in [3.63, 3.8) is 0 Å². The van der Waals surface area contributed by atoms with Crippen molar-refractivity contribution in [1.82, 2.24) is 5.32 Å². The van der Waals surface area contributed by atoms with Gasteiger partial charge in [0, 0.05) is 11.3 Å². The summed E-state index contributed by atoms with van der Waals surface area (Å²) in [5.74, 6) is -0.0208. The minimum absolute atomic E-state index is 0.319.